The van der Waals surface area contributed by atoms with Crippen molar-refractivity contribution < 1.29 is 13.2 Å². The third-order valence-corrected chi connectivity index (χ3v) is 7.60. The number of sulfone groups is 1. The quantitative estimate of drug-likeness (QED) is 0.817. The Balaban J connectivity index is 1.60. The molecule has 132 valence electrons. The highest BCUT2D eigenvalue weighted by atomic mass is 32.2. The Hall–Kier alpha value is -1.70. The first-order chi connectivity index (χ1) is 12.0. The van der Waals surface area contributed by atoms with Crippen LogP contribution in [0.5, 0.6) is 0 Å². The van der Waals surface area contributed by atoms with Gasteiger partial charge in [-0.15, -0.1) is 11.3 Å². The van der Waals surface area contributed by atoms with Crippen LogP contribution in [0.15, 0.2) is 47.8 Å². The number of fused-ring (bicyclic) bond motifs is 1. The van der Waals surface area contributed by atoms with Crippen LogP contribution in [0.1, 0.15) is 4.88 Å². The van der Waals surface area contributed by atoms with Crippen LogP contribution in [-0.4, -0.2) is 55.9 Å². The zero-order valence-electron chi connectivity index (χ0n) is 13.7. The Bertz CT molecular complexity index is 850. The van der Waals surface area contributed by atoms with Gasteiger partial charge in [-0.1, -0.05) is 24.3 Å². The molecule has 0 unspecified atom stereocenters. The predicted molar refractivity (Wildman–Crippen MR) is 99.8 cm³/mol. The zero-order chi connectivity index (χ0) is 17.4. The first kappa shape index (κ1) is 16.8. The fraction of sp³-hybridized carbons (Fsp3) is 0.389. The van der Waals surface area contributed by atoms with Crippen molar-refractivity contribution in [1.82, 2.24) is 4.90 Å². The van der Waals surface area contributed by atoms with E-state index in [2.05, 4.69) is 11.0 Å². The molecule has 0 bridgehead atoms. The molecule has 0 aliphatic carbocycles. The molecule has 2 atom stereocenters. The fourth-order valence-corrected chi connectivity index (χ4v) is 6.51. The molecular formula is C18H20N2O3S2. The highest BCUT2D eigenvalue weighted by Gasteiger charge is 2.49. The lowest BCUT2D eigenvalue weighted by Gasteiger charge is -2.43. The summed E-state index contributed by atoms with van der Waals surface area (Å²) in [5.74, 6) is 0.169. The number of benzene rings is 1. The summed E-state index contributed by atoms with van der Waals surface area (Å²) in [6.07, 6.45) is 0.847. The number of amides is 1. The molecule has 0 spiro atoms. The molecule has 1 aromatic heterocycles. The summed E-state index contributed by atoms with van der Waals surface area (Å²) < 4.78 is 24.6. The van der Waals surface area contributed by atoms with Crippen molar-refractivity contribution in [1.29, 1.82) is 0 Å². The maximum Gasteiger partial charge on any atom is 0.241 e. The summed E-state index contributed by atoms with van der Waals surface area (Å²) in [4.78, 5) is 17.8. The van der Waals surface area contributed by atoms with Crippen LogP contribution >= 0.6 is 11.3 Å². The number of rotatable bonds is 4. The minimum atomic E-state index is -3.13. The normalized spacial score (nSPS) is 25.9. The Morgan fingerprint density at radius 1 is 1.04 bits per heavy atom. The molecule has 3 heterocycles. The van der Waals surface area contributed by atoms with Crippen molar-refractivity contribution in [3.8, 4) is 0 Å². The maximum absolute atomic E-state index is 12.8. The van der Waals surface area contributed by atoms with Gasteiger partial charge in [-0.3, -0.25) is 9.69 Å². The van der Waals surface area contributed by atoms with Crippen molar-refractivity contribution in [2.45, 2.75) is 18.5 Å². The largest absolute Gasteiger partial charge is 0.306 e. The van der Waals surface area contributed by atoms with Gasteiger partial charge in [-0.05, 0) is 30.0 Å². The molecule has 1 aromatic carbocycles. The van der Waals surface area contributed by atoms with Gasteiger partial charge in [0, 0.05) is 23.2 Å². The topological polar surface area (TPSA) is 57.7 Å². The molecule has 25 heavy (non-hydrogen) atoms. The van der Waals surface area contributed by atoms with Gasteiger partial charge >= 0.3 is 0 Å². The molecule has 1 amide bonds. The molecule has 0 radical (unpaired) electrons. The van der Waals surface area contributed by atoms with Gasteiger partial charge in [-0.2, -0.15) is 0 Å². The molecule has 2 aliphatic rings. The number of piperazine rings is 1. The van der Waals surface area contributed by atoms with Gasteiger partial charge in [0.05, 0.1) is 24.1 Å². The van der Waals surface area contributed by atoms with E-state index >= 15 is 0 Å². The second kappa shape index (κ2) is 6.55. The number of carbonyl (C=O) groups is 1. The van der Waals surface area contributed by atoms with Crippen LogP contribution < -0.4 is 4.90 Å². The minimum absolute atomic E-state index is 0.0178. The Morgan fingerprint density at radius 3 is 2.52 bits per heavy atom. The minimum Gasteiger partial charge on any atom is -0.306 e. The number of carbonyl (C=O) groups excluding carboxylic acids is 1. The third kappa shape index (κ3) is 3.36. The summed E-state index contributed by atoms with van der Waals surface area (Å²) in [6, 6.07) is 13.1. The molecule has 5 nitrogen and oxygen atoms in total. The number of hydrogen-bond acceptors (Lipinski definition) is 5. The second-order valence-corrected chi connectivity index (χ2v) is 9.80. The average molecular weight is 377 g/mol. The molecule has 2 fully saturated rings. The van der Waals surface area contributed by atoms with E-state index in [0.717, 1.165) is 12.1 Å². The van der Waals surface area contributed by atoms with Crippen molar-refractivity contribution in [3.05, 3.63) is 52.7 Å². The Morgan fingerprint density at radius 2 is 1.80 bits per heavy atom. The maximum atomic E-state index is 12.8. The predicted octanol–water partition coefficient (Wildman–Crippen LogP) is 1.80. The van der Waals surface area contributed by atoms with Gasteiger partial charge in [0.15, 0.2) is 9.84 Å². The van der Waals surface area contributed by atoms with E-state index in [-0.39, 0.29) is 36.0 Å². The van der Waals surface area contributed by atoms with Crippen molar-refractivity contribution in [2.75, 3.05) is 29.5 Å². The van der Waals surface area contributed by atoms with E-state index in [9.17, 15) is 13.2 Å². The molecule has 2 aliphatic heterocycles. The molecule has 2 saturated heterocycles. The van der Waals surface area contributed by atoms with Crippen molar-refractivity contribution in [2.24, 2.45) is 0 Å². The SMILES string of the molecule is O=C1CN(CCc2cccs2)[C@H]2CS(=O)(=O)C[C@H]2N1c1ccccc1. The molecule has 0 N–H and O–H groups in total. The molecule has 0 saturated carbocycles. The molecule has 7 heteroatoms. The summed E-state index contributed by atoms with van der Waals surface area (Å²) in [5, 5.41) is 2.04. The number of para-hydroxylation sites is 1. The first-order valence-electron chi connectivity index (χ1n) is 8.37. The molecule has 4 rings (SSSR count). The zero-order valence-corrected chi connectivity index (χ0v) is 15.4. The van der Waals surface area contributed by atoms with Crippen LogP contribution in [0.3, 0.4) is 0 Å². The smallest absolute Gasteiger partial charge is 0.241 e. The first-order valence-corrected chi connectivity index (χ1v) is 11.1. The van der Waals surface area contributed by atoms with Gasteiger partial charge in [0.2, 0.25) is 5.91 Å². The molecular weight excluding hydrogens is 356 g/mol. The number of hydrogen-bond donors (Lipinski definition) is 0. The Kier molecular flexibility index (Phi) is 4.39. The molecule has 2 aromatic rings. The fourth-order valence-electron chi connectivity index (χ4n) is 3.84. The van der Waals surface area contributed by atoms with Gasteiger partial charge < -0.3 is 4.90 Å². The average Bonchev–Trinajstić information content (AvgIpc) is 3.20. The summed E-state index contributed by atoms with van der Waals surface area (Å²) in [7, 11) is -3.13. The van der Waals surface area contributed by atoms with Gasteiger partial charge in [0.25, 0.3) is 0 Å². The summed E-state index contributed by atoms with van der Waals surface area (Å²) in [6.45, 7) is 0.989. The lowest BCUT2D eigenvalue weighted by atomic mass is 10.0. The van der Waals surface area contributed by atoms with Crippen LogP contribution in [0.2, 0.25) is 0 Å². The third-order valence-electron chi connectivity index (χ3n) is 4.96. The number of nitrogens with zero attached hydrogens (tertiary/aromatic N) is 2. The Labute approximate surface area is 151 Å². The van der Waals surface area contributed by atoms with E-state index in [1.54, 1.807) is 16.2 Å². The summed E-state index contributed by atoms with van der Waals surface area (Å²) >= 11 is 1.69. The van der Waals surface area contributed by atoms with Crippen LogP contribution in [0, 0.1) is 0 Å². The monoisotopic (exact) mass is 376 g/mol. The van der Waals surface area contributed by atoms with Gasteiger partial charge in [0.1, 0.15) is 0 Å². The van der Waals surface area contributed by atoms with E-state index in [0.29, 0.717) is 6.54 Å². The number of thiophene rings is 1. The van der Waals surface area contributed by atoms with Crippen LogP contribution in [0.25, 0.3) is 0 Å². The van der Waals surface area contributed by atoms with Crippen molar-refractivity contribution in [3.63, 3.8) is 0 Å². The van der Waals surface area contributed by atoms with E-state index in [1.165, 1.54) is 4.88 Å². The van der Waals surface area contributed by atoms with E-state index < -0.39 is 9.84 Å². The highest BCUT2D eigenvalue weighted by Crippen LogP contribution is 2.31. The second-order valence-electron chi connectivity index (χ2n) is 6.61. The van der Waals surface area contributed by atoms with E-state index in [4.69, 9.17) is 0 Å². The van der Waals surface area contributed by atoms with Crippen molar-refractivity contribution >= 4 is 32.8 Å². The van der Waals surface area contributed by atoms with Gasteiger partial charge in [-0.25, -0.2) is 8.42 Å². The van der Waals surface area contributed by atoms with Crippen LogP contribution in [0.4, 0.5) is 5.69 Å². The lowest BCUT2D eigenvalue weighted by molar-refractivity contribution is -0.123. The highest BCUT2D eigenvalue weighted by molar-refractivity contribution is 7.91. The lowest BCUT2D eigenvalue weighted by Crippen LogP contribution is -2.62. The standard InChI is InChI=1S/C18H20N2O3S2/c21-18-11-19(9-8-15-7-4-10-24-15)16-12-25(22,23)13-17(16)20(18)14-5-2-1-3-6-14/h1-7,10,16-17H,8-9,11-13H2/t16-,17+/m0/s1. The number of anilines is 1. The summed E-state index contributed by atoms with van der Waals surface area (Å²) in [5.41, 5.74) is 0.789. The van der Waals surface area contributed by atoms with Crippen LogP contribution in [-0.2, 0) is 21.1 Å². The van der Waals surface area contributed by atoms with E-state index in [1.807, 2.05) is 41.8 Å².